The minimum absolute atomic E-state index is 0.155. The van der Waals surface area contributed by atoms with Crippen LogP contribution in [0.15, 0.2) is 0 Å². The SMILES string of the molecule is CC(C)C[C@H](CS(=O)(=O)N1CCCCC1)C(=O)N[C@H](C#N)C[C@@H]1CCCCC1=O. The quantitative estimate of drug-likeness (QED) is 0.611. The number of Topliss-reactive ketones (excluding diaryl/α,β-unsaturated/α-hetero) is 1. The molecule has 29 heavy (non-hydrogen) atoms. The van der Waals surface area contributed by atoms with Crippen LogP contribution >= 0.6 is 0 Å². The molecule has 1 aliphatic heterocycles. The number of amides is 1. The fourth-order valence-corrected chi connectivity index (χ4v) is 6.17. The molecule has 0 spiro atoms. The molecule has 1 heterocycles. The van der Waals surface area contributed by atoms with Gasteiger partial charge in [-0.25, -0.2) is 12.7 Å². The third kappa shape index (κ3) is 7.38. The molecule has 2 rings (SSSR count). The van der Waals surface area contributed by atoms with E-state index in [9.17, 15) is 23.3 Å². The lowest BCUT2D eigenvalue weighted by atomic mass is 9.84. The van der Waals surface area contributed by atoms with Crippen LogP contribution in [0.3, 0.4) is 0 Å². The highest BCUT2D eigenvalue weighted by Gasteiger charge is 2.33. The molecule has 1 saturated carbocycles. The summed E-state index contributed by atoms with van der Waals surface area (Å²) in [5.74, 6) is -1.18. The largest absolute Gasteiger partial charge is 0.340 e. The maximum absolute atomic E-state index is 12.9. The molecule has 8 heteroatoms. The third-order valence-electron chi connectivity index (χ3n) is 5.92. The fourth-order valence-electron chi connectivity index (χ4n) is 4.34. The first-order valence-corrected chi connectivity index (χ1v) is 12.5. The Hall–Kier alpha value is -1.46. The summed E-state index contributed by atoms with van der Waals surface area (Å²) in [6.45, 7) is 4.94. The predicted molar refractivity (Wildman–Crippen MR) is 111 cm³/mol. The number of nitrogens with one attached hydrogen (secondary N) is 1. The number of sulfonamides is 1. The van der Waals surface area contributed by atoms with Gasteiger partial charge in [0.1, 0.15) is 11.8 Å². The van der Waals surface area contributed by atoms with E-state index in [1.807, 2.05) is 13.8 Å². The maximum Gasteiger partial charge on any atom is 0.225 e. The monoisotopic (exact) mass is 425 g/mol. The van der Waals surface area contributed by atoms with Crippen molar-refractivity contribution in [2.45, 2.75) is 77.7 Å². The van der Waals surface area contributed by atoms with E-state index in [-0.39, 0.29) is 23.4 Å². The average molecular weight is 426 g/mol. The Labute approximate surface area is 175 Å². The van der Waals surface area contributed by atoms with Crippen LogP contribution in [-0.2, 0) is 19.6 Å². The molecule has 164 valence electrons. The van der Waals surface area contributed by atoms with Crippen molar-refractivity contribution in [2.75, 3.05) is 18.8 Å². The summed E-state index contributed by atoms with van der Waals surface area (Å²) < 4.78 is 27.2. The van der Waals surface area contributed by atoms with Gasteiger partial charge in [-0.15, -0.1) is 0 Å². The van der Waals surface area contributed by atoms with Crippen LogP contribution in [0.1, 0.15) is 71.6 Å². The van der Waals surface area contributed by atoms with Crippen LogP contribution in [-0.4, -0.2) is 49.3 Å². The van der Waals surface area contributed by atoms with Crippen molar-refractivity contribution in [3.05, 3.63) is 0 Å². The highest BCUT2D eigenvalue weighted by atomic mass is 32.2. The Bertz CT molecular complexity index is 708. The lowest BCUT2D eigenvalue weighted by Gasteiger charge is -2.29. The van der Waals surface area contributed by atoms with E-state index < -0.39 is 27.9 Å². The van der Waals surface area contributed by atoms with Crippen molar-refractivity contribution in [2.24, 2.45) is 17.8 Å². The van der Waals surface area contributed by atoms with Crippen molar-refractivity contribution in [1.29, 1.82) is 5.26 Å². The Balaban J connectivity index is 2.02. The number of hydrogen-bond donors (Lipinski definition) is 1. The number of nitriles is 1. The van der Waals surface area contributed by atoms with Gasteiger partial charge < -0.3 is 5.32 Å². The van der Waals surface area contributed by atoms with E-state index >= 15 is 0 Å². The minimum Gasteiger partial charge on any atom is -0.340 e. The maximum atomic E-state index is 12.9. The highest BCUT2D eigenvalue weighted by molar-refractivity contribution is 7.89. The van der Waals surface area contributed by atoms with E-state index in [0.717, 1.165) is 38.5 Å². The first-order valence-electron chi connectivity index (χ1n) is 10.9. The first-order chi connectivity index (χ1) is 13.7. The number of carbonyl (C=O) groups is 2. The molecule has 1 N–H and O–H groups in total. The number of piperidine rings is 1. The Kier molecular flexibility index (Phi) is 9.09. The van der Waals surface area contributed by atoms with Gasteiger partial charge in [0.25, 0.3) is 0 Å². The number of carbonyl (C=O) groups excluding carboxylic acids is 2. The van der Waals surface area contributed by atoms with Crippen LogP contribution in [0.25, 0.3) is 0 Å². The molecule has 3 atom stereocenters. The molecule has 1 aliphatic carbocycles. The molecule has 0 aromatic heterocycles. The topological polar surface area (TPSA) is 107 Å². The molecule has 0 bridgehead atoms. The van der Waals surface area contributed by atoms with Gasteiger partial charge in [0.15, 0.2) is 0 Å². The average Bonchev–Trinajstić information content (AvgIpc) is 2.68. The second-order valence-electron chi connectivity index (χ2n) is 8.90. The summed E-state index contributed by atoms with van der Waals surface area (Å²) >= 11 is 0. The summed E-state index contributed by atoms with van der Waals surface area (Å²) in [5.41, 5.74) is 0. The number of hydrogen-bond acceptors (Lipinski definition) is 5. The van der Waals surface area contributed by atoms with Gasteiger partial charge in [-0.05, 0) is 44.4 Å². The summed E-state index contributed by atoms with van der Waals surface area (Å²) in [6.07, 6.45) is 6.65. The lowest BCUT2D eigenvalue weighted by molar-refractivity contribution is -0.127. The van der Waals surface area contributed by atoms with Gasteiger partial charge in [-0.1, -0.05) is 26.7 Å². The molecule has 0 unspecified atom stereocenters. The second-order valence-corrected chi connectivity index (χ2v) is 10.9. The summed E-state index contributed by atoms with van der Waals surface area (Å²) in [7, 11) is -3.52. The fraction of sp³-hybridized carbons (Fsp3) is 0.857. The summed E-state index contributed by atoms with van der Waals surface area (Å²) in [6, 6.07) is 1.33. The van der Waals surface area contributed by atoms with Gasteiger partial charge in [-0.2, -0.15) is 5.26 Å². The molecule has 1 amide bonds. The zero-order valence-corrected chi connectivity index (χ0v) is 18.5. The standard InChI is InChI=1S/C21H35N3O4S/c1-16(2)12-18(15-29(27,28)24-10-6-3-7-11-24)21(26)23-19(14-22)13-17-8-4-5-9-20(17)25/h16-19H,3-13,15H2,1-2H3,(H,23,26)/t17-,18+,19-/m0/s1. The lowest BCUT2D eigenvalue weighted by Crippen LogP contribution is -2.45. The zero-order chi connectivity index (χ0) is 21.4. The van der Waals surface area contributed by atoms with Gasteiger partial charge in [-0.3, -0.25) is 9.59 Å². The number of rotatable bonds is 9. The van der Waals surface area contributed by atoms with E-state index in [4.69, 9.17) is 0 Å². The van der Waals surface area contributed by atoms with Gasteiger partial charge in [0.05, 0.1) is 17.7 Å². The molecule has 2 fully saturated rings. The molecular weight excluding hydrogens is 390 g/mol. The molecule has 0 radical (unpaired) electrons. The summed E-state index contributed by atoms with van der Waals surface area (Å²) in [5, 5.41) is 12.2. The van der Waals surface area contributed by atoms with Gasteiger partial charge in [0.2, 0.25) is 15.9 Å². The molecule has 0 aromatic rings. The highest BCUT2D eigenvalue weighted by Crippen LogP contribution is 2.25. The third-order valence-corrected chi connectivity index (χ3v) is 7.90. The molecule has 0 aromatic carbocycles. The molecular formula is C21H35N3O4S. The van der Waals surface area contributed by atoms with E-state index in [0.29, 0.717) is 32.4 Å². The van der Waals surface area contributed by atoms with Crippen LogP contribution in [0, 0.1) is 29.1 Å². The van der Waals surface area contributed by atoms with Crippen LogP contribution in [0.4, 0.5) is 0 Å². The predicted octanol–water partition coefficient (Wildman–Crippen LogP) is 2.62. The molecule has 7 nitrogen and oxygen atoms in total. The first kappa shape index (κ1) is 23.8. The number of nitrogens with zero attached hydrogens (tertiary/aromatic N) is 2. The van der Waals surface area contributed by atoms with Crippen molar-refractivity contribution in [3.8, 4) is 6.07 Å². The van der Waals surface area contributed by atoms with Crippen molar-refractivity contribution in [3.63, 3.8) is 0 Å². The van der Waals surface area contributed by atoms with Crippen molar-refractivity contribution >= 4 is 21.7 Å². The second kappa shape index (κ2) is 11.1. The Morgan fingerprint density at radius 1 is 1.21 bits per heavy atom. The van der Waals surface area contributed by atoms with E-state index in [1.54, 1.807) is 0 Å². The normalized spacial score (nSPS) is 23.4. The summed E-state index contributed by atoms with van der Waals surface area (Å²) in [4.78, 5) is 25.0. The van der Waals surface area contributed by atoms with Crippen LogP contribution in [0.2, 0.25) is 0 Å². The zero-order valence-electron chi connectivity index (χ0n) is 17.7. The molecule has 1 saturated heterocycles. The Morgan fingerprint density at radius 2 is 1.90 bits per heavy atom. The molecule has 2 aliphatic rings. The minimum atomic E-state index is -3.52. The van der Waals surface area contributed by atoms with Gasteiger partial charge >= 0.3 is 0 Å². The van der Waals surface area contributed by atoms with Crippen molar-refractivity contribution < 1.29 is 18.0 Å². The van der Waals surface area contributed by atoms with E-state index in [2.05, 4.69) is 11.4 Å². The van der Waals surface area contributed by atoms with Gasteiger partial charge in [0, 0.05) is 25.4 Å². The van der Waals surface area contributed by atoms with Crippen LogP contribution < -0.4 is 5.32 Å². The Morgan fingerprint density at radius 3 is 2.48 bits per heavy atom. The van der Waals surface area contributed by atoms with Crippen molar-refractivity contribution in [1.82, 2.24) is 9.62 Å². The van der Waals surface area contributed by atoms with E-state index in [1.165, 1.54) is 4.31 Å². The smallest absolute Gasteiger partial charge is 0.225 e. The number of ketones is 1. The van der Waals surface area contributed by atoms with Crippen LogP contribution in [0.5, 0.6) is 0 Å².